The summed E-state index contributed by atoms with van der Waals surface area (Å²) in [6.07, 6.45) is 1.92. The summed E-state index contributed by atoms with van der Waals surface area (Å²) < 4.78 is 21.8. The molecule has 3 aromatic rings. The van der Waals surface area contributed by atoms with Crippen molar-refractivity contribution in [2.75, 3.05) is 27.2 Å². The van der Waals surface area contributed by atoms with E-state index in [1.165, 1.54) is 13.2 Å². The lowest BCUT2D eigenvalue weighted by atomic mass is 10.1. The quantitative estimate of drug-likeness (QED) is 0.650. The lowest BCUT2D eigenvalue weighted by molar-refractivity contribution is -0.139. The van der Waals surface area contributed by atoms with E-state index in [-0.39, 0.29) is 11.9 Å². The summed E-state index contributed by atoms with van der Waals surface area (Å²) in [5, 5.41) is 4.71. The first-order valence-electron chi connectivity index (χ1n) is 9.95. The third-order valence-corrected chi connectivity index (χ3v) is 5.62. The van der Waals surface area contributed by atoms with Gasteiger partial charge >= 0.3 is 0 Å². The first-order valence-corrected chi connectivity index (χ1v) is 9.95. The fourth-order valence-corrected chi connectivity index (χ4v) is 3.77. The van der Waals surface area contributed by atoms with Crippen LogP contribution in [0.3, 0.4) is 0 Å². The summed E-state index contributed by atoms with van der Waals surface area (Å²) in [7, 11) is 3.33. The molecule has 0 N–H and O–H groups in total. The molecule has 0 saturated carbocycles. The van der Waals surface area contributed by atoms with Crippen molar-refractivity contribution in [2.45, 2.75) is 19.5 Å². The van der Waals surface area contributed by atoms with E-state index in [1.807, 2.05) is 50.5 Å². The third-order valence-electron chi connectivity index (χ3n) is 5.62. The summed E-state index contributed by atoms with van der Waals surface area (Å²) in [4.78, 5) is 16.3. The molecule has 2 heterocycles. The van der Waals surface area contributed by atoms with Crippen LogP contribution in [-0.2, 0) is 11.3 Å². The van der Waals surface area contributed by atoms with Crippen LogP contribution >= 0.6 is 0 Å². The Morgan fingerprint density at radius 1 is 1.17 bits per heavy atom. The van der Waals surface area contributed by atoms with Gasteiger partial charge in [0.15, 0.2) is 0 Å². The molecule has 156 valence electrons. The van der Waals surface area contributed by atoms with Gasteiger partial charge in [-0.1, -0.05) is 18.2 Å². The van der Waals surface area contributed by atoms with Crippen LogP contribution in [0.1, 0.15) is 12.5 Å². The van der Waals surface area contributed by atoms with E-state index in [1.54, 1.807) is 21.7 Å². The number of halogens is 1. The van der Waals surface area contributed by atoms with E-state index in [0.717, 1.165) is 17.8 Å². The van der Waals surface area contributed by atoms with Crippen LogP contribution in [0.5, 0.6) is 5.75 Å². The van der Waals surface area contributed by atoms with E-state index in [2.05, 4.69) is 4.90 Å². The number of rotatable bonds is 5. The summed E-state index contributed by atoms with van der Waals surface area (Å²) in [5.74, 6) is 0.156. The van der Waals surface area contributed by atoms with Gasteiger partial charge in [0.05, 0.1) is 18.8 Å². The molecule has 2 aromatic carbocycles. The Morgan fingerprint density at radius 2 is 1.93 bits per heavy atom. The minimum absolute atomic E-state index is 0.0916. The number of carbonyl (C=O) groups is 1. The monoisotopic (exact) mass is 408 g/mol. The highest BCUT2D eigenvalue weighted by Gasteiger charge is 2.30. The van der Waals surface area contributed by atoms with E-state index >= 15 is 0 Å². The molecule has 1 aliphatic rings. The Morgan fingerprint density at radius 3 is 2.63 bits per heavy atom. The lowest BCUT2D eigenvalue weighted by Crippen LogP contribution is -2.53. The minimum Gasteiger partial charge on any atom is -0.497 e. The molecule has 0 unspecified atom stereocenters. The molecular weight excluding hydrogens is 383 g/mol. The number of benzene rings is 2. The smallest absolute Gasteiger partial charge is 0.239 e. The molecule has 1 aromatic heterocycles. The molecule has 30 heavy (non-hydrogen) atoms. The number of carbonyl (C=O) groups excluding carboxylic acids is 1. The predicted octanol–water partition coefficient (Wildman–Crippen LogP) is 3.35. The van der Waals surface area contributed by atoms with Crippen molar-refractivity contribution in [3.8, 4) is 22.7 Å². The SMILES string of the molecule is COc1ccc(-c2nn(-c3ccccc3)cc2CN2CCN(C)C(=O)[C@@H]2C)c(F)c1. The molecule has 1 saturated heterocycles. The van der Waals surface area contributed by atoms with Gasteiger partial charge in [-0.2, -0.15) is 5.10 Å². The number of ether oxygens (including phenoxy) is 1. The average molecular weight is 408 g/mol. The van der Waals surface area contributed by atoms with E-state index in [4.69, 9.17) is 9.84 Å². The Hall–Kier alpha value is -3.19. The maximum atomic E-state index is 14.9. The molecule has 1 aliphatic heterocycles. The highest BCUT2D eigenvalue weighted by atomic mass is 19.1. The van der Waals surface area contributed by atoms with Gasteiger partial charge in [-0.15, -0.1) is 0 Å². The number of methoxy groups -OCH3 is 1. The molecule has 1 fully saturated rings. The van der Waals surface area contributed by atoms with Gasteiger partial charge < -0.3 is 9.64 Å². The topological polar surface area (TPSA) is 50.6 Å². The summed E-state index contributed by atoms with van der Waals surface area (Å²) >= 11 is 0. The van der Waals surface area contributed by atoms with Crippen molar-refractivity contribution < 1.29 is 13.9 Å². The first kappa shape index (κ1) is 20.1. The number of aromatic nitrogens is 2. The van der Waals surface area contributed by atoms with E-state index < -0.39 is 5.82 Å². The maximum absolute atomic E-state index is 14.9. The molecule has 0 bridgehead atoms. The predicted molar refractivity (Wildman–Crippen MR) is 113 cm³/mol. The Balaban J connectivity index is 1.75. The zero-order valence-corrected chi connectivity index (χ0v) is 17.4. The van der Waals surface area contributed by atoms with Crippen LogP contribution < -0.4 is 4.74 Å². The second-order valence-electron chi connectivity index (χ2n) is 7.54. The van der Waals surface area contributed by atoms with Gasteiger partial charge in [-0.25, -0.2) is 9.07 Å². The Kier molecular flexibility index (Phi) is 5.55. The number of para-hydroxylation sites is 1. The largest absolute Gasteiger partial charge is 0.497 e. The van der Waals surface area contributed by atoms with Crippen LogP contribution in [0.4, 0.5) is 4.39 Å². The summed E-state index contributed by atoms with van der Waals surface area (Å²) in [6, 6.07) is 14.3. The second kappa shape index (κ2) is 8.28. The second-order valence-corrected chi connectivity index (χ2v) is 7.54. The zero-order chi connectivity index (χ0) is 21.3. The third kappa shape index (κ3) is 3.80. The fourth-order valence-electron chi connectivity index (χ4n) is 3.77. The maximum Gasteiger partial charge on any atom is 0.239 e. The molecule has 0 radical (unpaired) electrons. The lowest BCUT2D eigenvalue weighted by Gasteiger charge is -2.37. The van der Waals surface area contributed by atoms with Crippen LogP contribution in [0.2, 0.25) is 0 Å². The van der Waals surface area contributed by atoms with E-state index in [9.17, 15) is 9.18 Å². The van der Waals surface area contributed by atoms with Gasteiger partial charge in [0, 0.05) is 50.1 Å². The Bertz CT molecular complexity index is 1050. The number of hydrogen-bond donors (Lipinski definition) is 0. The van der Waals surface area contributed by atoms with Gasteiger partial charge in [0.2, 0.25) is 5.91 Å². The average Bonchev–Trinajstić information content (AvgIpc) is 3.18. The zero-order valence-electron chi connectivity index (χ0n) is 17.4. The normalized spacial score (nSPS) is 17.4. The molecular formula is C23H25FN4O2. The van der Waals surface area contributed by atoms with Crippen molar-refractivity contribution in [1.82, 2.24) is 19.6 Å². The molecule has 7 heteroatoms. The highest BCUT2D eigenvalue weighted by Crippen LogP contribution is 2.30. The van der Waals surface area contributed by atoms with Gasteiger partial charge in [-0.05, 0) is 31.2 Å². The van der Waals surface area contributed by atoms with Crippen LogP contribution in [-0.4, -0.2) is 58.8 Å². The molecule has 4 rings (SSSR count). The summed E-state index contributed by atoms with van der Waals surface area (Å²) in [6.45, 7) is 3.84. The van der Waals surface area contributed by atoms with Crippen molar-refractivity contribution in [3.05, 3.63) is 66.1 Å². The number of hydrogen-bond acceptors (Lipinski definition) is 4. The highest BCUT2D eigenvalue weighted by molar-refractivity contribution is 5.82. The van der Waals surface area contributed by atoms with Crippen LogP contribution in [0, 0.1) is 5.82 Å². The molecule has 0 aliphatic carbocycles. The van der Waals surface area contributed by atoms with Crippen molar-refractivity contribution in [3.63, 3.8) is 0 Å². The van der Waals surface area contributed by atoms with Crippen molar-refractivity contribution in [2.24, 2.45) is 0 Å². The molecule has 1 amide bonds. The van der Waals surface area contributed by atoms with Crippen LogP contribution in [0.25, 0.3) is 16.9 Å². The fraction of sp³-hybridized carbons (Fsp3) is 0.304. The molecule has 0 spiro atoms. The number of amides is 1. The number of nitrogens with zero attached hydrogens (tertiary/aromatic N) is 4. The minimum atomic E-state index is -0.392. The van der Waals surface area contributed by atoms with Crippen molar-refractivity contribution in [1.29, 1.82) is 0 Å². The van der Waals surface area contributed by atoms with Crippen molar-refractivity contribution >= 4 is 5.91 Å². The number of likely N-dealkylation sites (N-methyl/N-ethyl adjacent to an activating group) is 1. The number of piperazine rings is 1. The van der Waals surface area contributed by atoms with Gasteiger partial charge in [-0.3, -0.25) is 9.69 Å². The van der Waals surface area contributed by atoms with E-state index in [0.29, 0.717) is 30.1 Å². The van der Waals surface area contributed by atoms with Crippen LogP contribution in [0.15, 0.2) is 54.7 Å². The van der Waals surface area contributed by atoms with Gasteiger partial charge in [0.25, 0.3) is 0 Å². The first-order chi connectivity index (χ1) is 14.5. The Labute approximate surface area is 175 Å². The standard InChI is InChI=1S/C23H25FN4O2/c1-16-23(29)26(2)11-12-27(16)14-17-15-28(18-7-5-4-6-8-18)25-22(17)20-10-9-19(30-3)13-21(20)24/h4-10,13,15-16H,11-12,14H2,1-3H3/t16-/m0/s1. The molecule has 6 nitrogen and oxygen atoms in total. The molecule has 1 atom stereocenters. The van der Waals surface area contributed by atoms with Gasteiger partial charge in [0.1, 0.15) is 17.3 Å². The summed E-state index contributed by atoms with van der Waals surface area (Å²) in [5.41, 5.74) is 2.74.